The Bertz CT molecular complexity index is 528. The third-order valence-corrected chi connectivity index (χ3v) is 6.38. The number of halogens is 1. The molecule has 0 unspecified atom stereocenters. The van der Waals surface area contributed by atoms with Crippen molar-refractivity contribution >= 4 is 28.8 Å². The smallest absolute Gasteiger partial charge is 0.229 e. The molecule has 1 aliphatic heterocycles. The zero-order valence-electron chi connectivity index (χ0n) is 13.4. The number of piperazine rings is 1. The van der Waals surface area contributed by atoms with Crippen molar-refractivity contribution in [2.24, 2.45) is 5.41 Å². The Morgan fingerprint density at radius 1 is 1.27 bits per heavy atom. The van der Waals surface area contributed by atoms with Crippen LogP contribution in [-0.4, -0.2) is 52.8 Å². The van der Waals surface area contributed by atoms with Crippen molar-refractivity contribution in [3.05, 3.63) is 15.6 Å². The Labute approximate surface area is 141 Å². The van der Waals surface area contributed by atoms with Gasteiger partial charge < -0.3 is 4.90 Å². The third-order valence-electron chi connectivity index (χ3n) is 4.57. The molecule has 1 aliphatic carbocycles. The molecule has 1 fully saturated rings. The molecular formula is C16H24ClN3OS. The molecule has 1 amide bonds. The second kappa shape index (κ2) is 6.46. The van der Waals surface area contributed by atoms with Gasteiger partial charge in [0, 0.05) is 36.9 Å². The number of thiazole rings is 1. The highest BCUT2D eigenvalue weighted by atomic mass is 35.5. The van der Waals surface area contributed by atoms with Gasteiger partial charge in [-0.1, -0.05) is 0 Å². The second-order valence-corrected chi connectivity index (χ2v) is 8.35. The van der Waals surface area contributed by atoms with Crippen LogP contribution in [0.1, 0.15) is 35.8 Å². The summed E-state index contributed by atoms with van der Waals surface area (Å²) < 4.78 is 0. The quantitative estimate of drug-likeness (QED) is 0.790. The number of hydrogen-bond donors (Lipinski definition) is 0. The minimum Gasteiger partial charge on any atom is -0.340 e. The molecule has 22 heavy (non-hydrogen) atoms. The predicted molar refractivity (Wildman–Crippen MR) is 90.5 cm³/mol. The van der Waals surface area contributed by atoms with Gasteiger partial charge in [-0.3, -0.25) is 9.69 Å². The van der Waals surface area contributed by atoms with Crippen molar-refractivity contribution in [1.29, 1.82) is 0 Å². The highest BCUT2D eigenvalue weighted by Crippen LogP contribution is 2.28. The average molecular weight is 342 g/mol. The predicted octanol–water partition coefficient (Wildman–Crippen LogP) is 2.54. The molecule has 122 valence electrons. The SMILES string of the molecule is CC(C)(CCl)C(=O)N1CCN(Cc2nc3c(s2)CCC3)CC1. The van der Waals surface area contributed by atoms with E-state index in [2.05, 4.69) is 4.90 Å². The number of aromatic nitrogens is 1. The summed E-state index contributed by atoms with van der Waals surface area (Å²) in [6.45, 7) is 8.22. The Morgan fingerprint density at radius 3 is 2.64 bits per heavy atom. The fourth-order valence-corrected chi connectivity index (χ4v) is 4.41. The number of amides is 1. The van der Waals surface area contributed by atoms with Gasteiger partial charge in [-0.25, -0.2) is 4.98 Å². The number of fused-ring (bicyclic) bond motifs is 1. The molecule has 1 saturated heterocycles. The second-order valence-electron chi connectivity index (χ2n) is 6.92. The summed E-state index contributed by atoms with van der Waals surface area (Å²) in [6, 6.07) is 0. The molecule has 0 atom stereocenters. The lowest BCUT2D eigenvalue weighted by Gasteiger charge is -2.37. The van der Waals surface area contributed by atoms with Crippen molar-refractivity contribution in [1.82, 2.24) is 14.8 Å². The molecule has 0 bridgehead atoms. The molecule has 1 aromatic heterocycles. The van der Waals surface area contributed by atoms with E-state index >= 15 is 0 Å². The number of carbonyl (C=O) groups is 1. The fraction of sp³-hybridized carbons (Fsp3) is 0.750. The molecule has 6 heteroatoms. The normalized spacial score (nSPS) is 19.5. The first-order valence-corrected chi connectivity index (χ1v) is 9.40. The lowest BCUT2D eigenvalue weighted by Crippen LogP contribution is -2.52. The molecule has 0 N–H and O–H groups in total. The number of rotatable bonds is 4. The number of alkyl halides is 1. The molecule has 2 aliphatic rings. The molecule has 4 nitrogen and oxygen atoms in total. The average Bonchev–Trinajstić information content (AvgIpc) is 3.08. The van der Waals surface area contributed by atoms with Crippen LogP contribution in [0, 0.1) is 5.41 Å². The Morgan fingerprint density at radius 2 is 2.00 bits per heavy atom. The van der Waals surface area contributed by atoms with Crippen LogP contribution in [0.4, 0.5) is 0 Å². The molecule has 0 saturated carbocycles. The zero-order valence-corrected chi connectivity index (χ0v) is 15.0. The lowest BCUT2D eigenvalue weighted by molar-refractivity contribution is -0.141. The van der Waals surface area contributed by atoms with Crippen molar-refractivity contribution < 1.29 is 4.79 Å². The van der Waals surface area contributed by atoms with Crippen LogP contribution in [0.5, 0.6) is 0 Å². The highest BCUT2D eigenvalue weighted by molar-refractivity contribution is 7.11. The third kappa shape index (κ3) is 3.31. The maximum Gasteiger partial charge on any atom is 0.229 e. The standard InChI is InChI=1S/C16H24ClN3OS/c1-16(2,11-17)15(21)20-8-6-19(7-9-20)10-14-18-12-4-3-5-13(12)22-14/h3-11H2,1-2H3. The monoisotopic (exact) mass is 341 g/mol. The number of nitrogens with zero attached hydrogens (tertiary/aromatic N) is 3. The summed E-state index contributed by atoms with van der Waals surface area (Å²) in [7, 11) is 0. The van der Waals surface area contributed by atoms with E-state index in [1.807, 2.05) is 30.1 Å². The lowest BCUT2D eigenvalue weighted by atomic mass is 9.94. The maximum absolute atomic E-state index is 12.4. The van der Waals surface area contributed by atoms with Crippen molar-refractivity contribution in [3.63, 3.8) is 0 Å². The first kappa shape index (κ1) is 16.2. The van der Waals surface area contributed by atoms with Crippen LogP contribution in [0.25, 0.3) is 0 Å². The van der Waals surface area contributed by atoms with Crippen molar-refractivity contribution in [2.45, 2.75) is 39.7 Å². The van der Waals surface area contributed by atoms with E-state index in [9.17, 15) is 4.79 Å². The van der Waals surface area contributed by atoms with E-state index in [-0.39, 0.29) is 5.91 Å². The first-order valence-electron chi connectivity index (χ1n) is 8.05. The van der Waals surface area contributed by atoms with Gasteiger partial charge in [-0.2, -0.15) is 0 Å². The molecular weight excluding hydrogens is 318 g/mol. The van der Waals surface area contributed by atoms with Gasteiger partial charge in [0.25, 0.3) is 0 Å². The van der Waals surface area contributed by atoms with Gasteiger partial charge in [-0.15, -0.1) is 22.9 Å². The van der Waals surface area contributed by atoms with Crippen LogP contribution in [-0.2, 0) is 24.2 Å². The maximum atomic E-state index is 12.4. The van der Waals surface area contributed by atoms with Gasteiger partial charge in [0.2, 0.25) is 5.91 Å². The van der Waals surface area contributed by atoms with E-state index in [1.165, 1.54) is 28.4 Å². The minimum atomic E-state index is -0.458. The Hall–Kier alpha value is -0.650. The molecule has 0 spiro atoms. The topological polar surface area (TPSA) is 36.4 Å². The highest BCUT2D eigenvalue weighted by Gasteiger charge is 2.33. The summed E-state index contributed by atoms with van der Waals surface area (Å²) >= 11 is 7.79. The number of carbonyl (C=O) groups excluding carboxylic acids is 1. The van der Waals surface area contributed by atoms with Gasteiger partial charge in [0.05, 0.1) is 17.7 Å². The molecule has 2 heterocycles. The summed E-state index contributed by atoms with van der Waals surface area (Å²) in [5, 5.41) is 1.24. The molecule has 0 radical (unpaired) electrons. The summed E-state index contributed by atoms with van der Waals surface area (Å²) in [4.78, 5) is 23.1. The van der Waals surface area contributed by atoms with Gasteiger partial charge in [0.15, 0.2) is 0 Å². The summed E-state index contributed by atoms with van der Waals surface area (Å²) in [5.41, 5.74) is 0.873. The van der Waals surface area contributed by atoms with E-state index < -0.39 is 5.41 Å². The van der Waals surface area contributed by atoms with E-state index in [0.717, 1.165) is 39.1 Å². The Balaban J connectivity index is 1.52. The first-order chi connectivity index (χ1) is 10.5. The molecule has 0 aromatic carbocycles. The number of aryl methyl sites for hydroxylation is 2. The minimum absolute atomic E-state index is 0.176. The van der Waals surface area contributed by atoms with Crippen LogP contribution >= 0.6 is 22.9 Å². The van der Waals surface area contributed by atoms with Crippen LogP contribution < -0.4 is 0 Å². The fourth-order valence-electron chi connectivity index (χ4n) is 3.10. The van der Waals surface area contributed by atoms with Crippen LogP contribution in [0.2, 0.25) is 0 Å². The van der Waals surface area contributed by atoms with E-state index in [0.29, 0.717) is 5.88 Å². The largest absolute Gasteiger partial charge is 0.340 e. The van der Waals surface area contributed by atoms with Crippen molar-refractivity contribution in [2.75, 3.05) is 32.1 Å². The van der Waals surface area contributed by atoms with Crippen molar-refractivity contribution in [3.8, 4) is 0 Å². The van der Waals surface area contributed by atoms with Gasteiger partial charge in [0.1, 0.15) is 5.01 Å². The van der Waals surface area contributed by atoms with Crippen LogP contribution in [0.15, 0.2) is 0 Å². The van der Waals surface area contributed by atoms with E-state index in [4.69, 9.17) is 16.6 Å². The Kier molecular flexibility index (Phi) is 4.76. The van der Waals surface area contributed by atoms with Crippen LogP contribution in [0.3, 0.4) is 0 Å². The molecule has 3 rings (SSSR count). The van der Waals surface area contributed by atoms with E-state index in [1.54, 1.807) is 0 Å². The number of hydrogen-bond acceptors (Lipinski definition) is 4. The summed E-state index contributed by atoms with van der Waals surface area (Å²) in [6.07, 6.45) is 3.63. The van der Waals surface area contributed by atoms with Gasteiger partial charge >= 0.3 is 0 Å². The zero-order chi connectivity index (χ0) is 15.7. The summed E-state index contributed by atoms with van der Waals surface area (Å²) in [5.74, 6) is 0.548. The van der Waals surface area contributed by atoms with Gasteiger partial charge in [-0.05, 0) is 33.1 Å². The molecule has 1 aromatic rings.